The van der Waals surface area contributed by atoms with Gasteiger partial charge in [0.15, 0.2) is 0 Å². The zero-order chi connectivity index (χ0) is 13.3. The minimum Gasteiger partial charge on any atom is -0.396 e. The standard InChI is InChI=1S/C11H18N2O4/c1-8(2)10(16)13-7-9(3-5-14)11(17)12-4-6-15/h7,14-15H,1,3-6H2,2H3,(H,12,17)(H,13,16). The first kappa shape index (κ1) is 15.3. The lowest BCUT2D eigenvalue weighted by molar-refractivity contribution is -0.117. The largest absolute Gasteiger partial charge is 0.396 e. The van der Waals surface area contributed by atoms with Crippen molar-refractivity contribution >= 4 is 11.8 Å². The molecule has 0 aliphatic heterocycles. The minimum absolute atomic E-state index is 0.119. The predicted molar refractivity (Wildman–Crippen MR) is 62.8 cm³/mol. The molecule has 2 amide bonds. The Hall–Kier alpha value is -1.66. The molecule has 0 aromatic carbocycles. The van der Waals surface area contributed by atoms with E-state index in [1.54, 1.807) is 6.92 Å². The van der Waals surface area contributed by atoms with Crippen LogP contribution in [0, 0.1) is 0 Å². The average molecular weight is 242 g/mol. The number of amides is 2. The predicted octanol–water partition coefficient (Wildman–Crippen LogP) is -0.946. The summed E-state index contributed by atoms with van der Waals surface area (Å²) in [6.07, 6.45) is 1.35. The lowest BCUT2D eigenvalue weighted by Gasteiger charge is -2.07. The highest BCUT2D eigenvalue weighted by atomic mass is 16.3. The summed E-state index contributed by atoms with van der Waals surface area (Å²) in [7, 11) is 0. The van der Waals surface area contributed by atoms with Crippen molar-refractivity contribution in [2.75, 3.05) is 19.8 Å². The van der Waals surface area contributed by atoms with Crippen molar-refractivity contribution < 1.29 is 19.8 Å². The van der Waals surface area contributed by atoms with Crippen molar-refractivity contribution in [1.82, 2.24) is 10.6 Å². The summed E-state index contributed by atoms with van der Waals surface area (Å²) >= 11 is 0. The van der Waals surface area contributed by atoms with Crippen LogP contribution in [-0.2, 0) is 9.59 Å². The number of rotatable bonds is 7. The van der Waals surface area contributed by atoms with Crippen LogP contribution < -0.4 is 10.6 Å². The molecular formula is C11H18N2O4. The molecule has 0 spiro atoms. The number of carbonyl (C=O) groups excluding carboxylic acids is 2. The van der Waals surface area contributed by atoms with Crippen molar-refractivity contribution in [3.63, 3.8) is 0 Å². The number of hydrogen-bond acceptors (Lipinski definition) is 4. The molecule has 17 heavy (non-hydrogen) atoms. The van der Waals surface area contributed by atoms with E-state index >= 15 is 0 Å². The van der Waals surface area contributed by atoms with Crippen LogP contribution in [0.1, 0.15) is 13.3 Å². The quantitative estimate of drug-likeness (QED) is 0.433. The van der Waals surface area contributed by atoms with E-state index in [9.17, 15) is 9.59 Å². The van der Waals surface area contributed by atoms with Gasteiger partial charge in [-0.1, -0.05) is 6.58 Å². The van der Waals surface area contributed by atoms with E-state index < -0.39 is 11.8 Å². The van der Waals surface area contributed by atoms with Crippen LogP contribution in [0.5, 0.6) is 0 Å². The number of aliphatic hydroxyl groups excluding tert-OH is 2. The Labute approximate surface area is 100 Å². The Bertz CT molecular complexity index is 323. The van der Waals surface area contributed by atoms with Crippen molar-refractivity contribution in [1.29, 1.82) is 0 Å². The van der Waals surface area contributed by atoms with Gasteiger partial charge in [-0.25, -0.2) is 0 Å². The lowest BCUT2D eigenvalue weighted by atomic mass is 10.2. The lowest BCUT2D eigenvalue weighted by Crippen LogP contribution is -2.30. The average Bonchev–Trinajstić information content (AvgIpc) is 2.30. The molecule has 0 bridgehead atoms. The van der Waals surface area contributed by atoms with Crippen LogP contribution in [0.3, 0.4) is 0 Å². The summed E-state index contributed by atoms with van der Waals surface area (Å²) in [4.78, 5) is 22.7. The molecule has 0 radical (unpaired) electrons. The molecule has 0 aliphatic carbocycles. The van der Waals surface area contributed by atoms with Crippen molar-refractivity contribution in [3.05, 3.63) is 23.9 Å². The number of carbonyl (C=O) groups is 2. The second-order valence-electron chi connectivity index (χ2n) is 3.38. The first-order valence-electron chi connectivity index (χ1n) is 5.18. The zero-order valence-electron chi connectivity index (χ0n) is 9.82. The summed E-state index contributed by atoms with van der Waals surface area (Å²) < 4.78 is 0. The normalized spacial score (nSPS) is 10.9. The summed E-state index contributed by atoms with van der Waals surface area (Å²) in [5, 5.41) is 22.2. The van der Waals surface area contributed by atoms with E-state index in [4.69, 9.17) is 10.2 Å². The van der Waals surface area contributed by atoms with Crippen LogP contribution in [0.4, 0.5) is 0 Å². The molecule has 0 atom stereocenters. The number of nitrogens with one attached hydrogen (secondary N) is 2. The van der Waals surface area contributed by atoms with Crippen LogP contribution in [-0.4, -0.2) is 41.8 Å². The molecule has 0 rings (SSSR count). The molecule has 4 N–H and O–H groups in total. The molecule has 0 heterocycles. The fraction of sp³-hybridized carbons (Fsp3) is 0.455. The van der Waals surface area contributed by atoms with Gasteiger partial charge < -0.3 is 20.8 Å². The third kappa shape index (κ3) is 6.49. The summed E-state index contributed by atoms with van der Waals surface area (Å²) in [6.45, 7) is 4.74. The molecule has 0 unspecified atom stereocenters. The van der Waals surface area contributed by atoms with Gasteiger partial charge in [0, 0.05) is 36.9 Å². The highest BCUT2D eigenvalue weighted by Gasteiger charge is 2.09. The molecule has 0 saturated carbocycles. The van der Waals surface area contributed by atoms with Gasteiger partial charge in [-0.3, -0.25) is 9.59 Å². The molecule has 0 fully saturated rings. The molecule has 0 aliphatic rings. The molecule has 0 aromatic heterocycles. The minimum atomic E-state index is -0.435. The van der Waals surface area contributed by atoms with Crippen LogP contribution in [0.2, 0.25) is 0 Å². The maximum Gasteiger partial charge on any atom is 0.250 e. The second-order valence-corrected chi connectivity index (χ2v) is 3.38. The molecule has 6 heteroatoms. The molecular weight excluding hydrogens is 224 g/mol. The van der Waals surface area contributed by atoms with Gasteiger partial charge in [-0.05, 0) is 6.92 Å². The fourth-order valence-electron chi connectivity index (χ4n) is 0.931. The third-order valence-electron chi connectivity index (χ3n) is 1.84. The SMILES string of the molecule is C=C(C)C(=O)NC=C(CCO)C(=O)NCCO. The molecule has 96 valence electrons. The van der Waals surface area contributed by atoms with Crippen LogP contribution in [0.25, 0.3) is 0 Å². The number of aliphatic hydroxyl groups is 2. The van der Waals surface area contributed by atoms with E-state index in [1.807, 2.05) is 0 Å². The monoisotopic (exact) mass is 242 g/mol. The van der Waals surface area contributed by atoms with Crippen molar-refractivity contribution in [3.8, 4) is 0 Å². The topological polar surface area (TPSA) is 98.7 Å². The summed E-state index contributed by atoms with van der Waals surface area (Å²) in [5.74, 6) is -0.828. The maximum atomic E-state index is 11.5. The fourth-order valence-corrected chi connectivity index (χ4v) is 0.931. The van der Waals surface area contributed by atoms with Crippen LogP contribution >= 0.6 is 0 Å². The Morgan fingerprint density at radius 3 is 2.35 bits per heavy atom. The molecule has 0 saturated heterocycles. The Morgan fingerprint density at radius 2 is 1.88 bits per heavy atom. The van der Waals surface area contributed by atoms with E-state index in [0.29, 0.717) is 5.57 Å². The van der Waals surface area contributed by atoms with E-state index in [-0.39, 0.29) is 31.8 Å². The maximum absolute atomic E-state index is 11.5. The zero-order valence-corrected chi connectivity index (χ0v) is 9.82. The van der Waals surface area contributed by atoms with Gasteiger partial charge in [0.05, 0.1) is 6.61 Å². The highest BCUT2D eigenvalue weighted by molar-refractivity contribution is 5.96. The summed E-state index contributed by atoms with van der Waals surface area (Å²) in [6, 6.07) is 0. The Morgan fingerprint density at radius 1 is 1.24 bits per heavy atom. The molecule has 6 nitrogen and oxygen atoms in total. The van der Waals surface area contributed by atoms with Crippen molar-refractivity contribution in [2.24, 2.45) is 0 Å². The first-order valence-corrected chi connectivity index (χ1v) is 5.18. The van der Waals surface area contributed by atoms with Gasteiger partial charge in [-0.2, -0.15) is 0 Å². The van der Waals surface area contributed by atoms with Crippen molar-refractivity contribution in [2.45, 2.75) is 13.3 Å². The van der Waals surface area contributed by atoms with Gasteiger partial charge in [-0.15, -0.1) is 0 Å². The Balaban J connectivity index is 4.49. The van der Waals surface area contributed by atoms with Crippen LogP contribution in [0.15, 0.2) is 23.9 Å². The highest BCUT2D eigenvalue weighted by Crippen LogP contribution is 1.99. The van der Waals surface area contributed by atoms with E-state index in [2.05, 4.69) is 17.2 Å². The summed E-state index contributed by atoms with van der Waals surface area (Å²) in [5.41, 5.74) is 0.552. The Kier molecular flexibility index (Phi) is 7.66. The molecule has 0 aromatic rings. The van der Waals surface area contributed by atoms with Gasteiger partial charge in [0.1, 0.15) is 0 Å². The van der Waals surface area contributed by atoms with Gasteiger partial charge >= 0.3 is 0 Å². The first-order chi connectivity index (χ1) is 8.02. The smallest absolute Gasteiger partial charge is 0.250 e. The number of hydrogen-bond donors (Lipinski definition) is 4. The van der Waals surface area contributed by atoms with Gasteiger partial charge in [0.2, 0.25) is 11.8 Å². The third-order valence-corrected chi connectivity index (χ3v) is 1.84. The van der Waals surface area contributed by atoms with Gasteiger partial charge in [0.25, 0.3) is 0 Å². The second kappa shape index (κ2) is 8.49. The van der Waals surface area contributed by atoms with E-state index in [1.165, 1.54) is 6.20 Å². The van der Waals surface area contributed by atoms with E-state index in [0.717, 1.165) is 0 Å².